The SMILES string of the molecule is CC(c1ccccc1)N(CC1CCC1)C(=O)[C@@H]1CCC[C@@H]1CN. The molecule has 1 aromatic carbocycles. The minimum atomic E-state index is 0.145. The lowest BCUT2D eigenvalue weighted by atomic mass is 9.84. The van der Waals surface area contributed by atoms with Gasteiger partial charge in [0.2, 0.25) is 5.91 Å². The zero-order valence-electron chi connectivity index (χ0n) is 14.3. The van der Waals surface area contributed by atoms with Gasteiger partial charge in [-0.25, -0.2) is 0 Å². The molecule has 0 heterocycles. The summed E-state index contributed by atoms with van der Waals surface area (Å²) in [5.74, 6) is 1.57. The number of hydrogen-bond acceptors (Lipinski definition) is 2. The van der Waals surface area contributed by atoms with Crippen molar-refractivity contribution in [3.63, 3.8) is 0 Å². The average Bonchev–Trinajstić information content (AvgIpc) is 3.02. The maximum Gasteiger partial charge on any atom is 0.226 e. The Morgan fingerprint density at radius 2 is 1.87 bits per heavy atom. The fraction of sp³-hybridized carbons (Fsp3) is 0.650. The highest BCUT2D eigenvalue weighted by molar-refractivity contribution is 5.80. The van der Waals surface area contributed by atoms with Crippen LogP contribution in [0.4, 0.5) is 0 Å². The van der Waals surface area contributed by atoms with E-state index in [1.54, 1.807) is 0 Å². The molecular formula is C20H30N2O. The van der Waals surface area contributed by atoms with Crippen LogP contribution in [0.25, 0.3) is 0 Å². The van der Waals surface area contributed by atoms with Gasteiger partial charge in [0, 0.05) is 12.5 Å². The molecule has 126 valence electrons. The number of carbonyl (C=O) groups is 1. The Bertz CT molecular complexity index is 512. The van der Waals surface area contributed by atoms with E-state index in [1.807, 2.05) is 6.07 Å². The van der Waals surface area contributed by atoms with Crippen molar-refractivity contribution in [3.8, 4) is 0 Å². The van der Waals surface area contributed by atoms with E-state index in [2.05, 4.69) is 36.1 Å². The van der Waals surface area contributed by atoms with Gasteiger partial charge in [0.25, 0.3) is 0 Å². The Kier molecular flexibility index (Phi) is 5.37. The second kappa shape index (κ2) is 7.48. The summed E-state index contributed by atoms with van der Waals surface area (Å²) in [6.45, 7) is 3.74. The van der Waals surface area contributed by atoms with Crippen LogP contribution in [0.15, 0.2) is 30.3 Å². The van der Waals surface area contributed by atoms with Crippen LogP contribution >= 0.6 is 0 Å². The number of nitrogens with zero attached hydrogens (tertiary/aromatic N) is 1. The monoisotopic (exact) mass is 314 g/mol. The maximum atomic E-state index is 13.3. The fourth-order valence-corrected chi connectivity index (χ4v) is 4.16. The van der Waals surface area contributed by atoms with Gasteiger partial charge >= 0.3 is 0 Å². The molecule has 23 heavy (non-hydrogen) atoms. The second-order valence-corrected chi connectivity index (χ2v) is 7.41. The molecule has 3 rings (SSSR count). The molecule has 2 aliphatic carbocycles. The zero-order chi connectivity index (χ0) is 16.2. The third-order valence-corrected chi connectivity index (χ3v) is 5.99. The lowest BCUT2D eigenvalue weighted by molar-refractivity contribution is -0.140. The van der Waals surface area contributed by atoms with Gasteiger partial charge in [0.1, 0.15) is 0 Å². The first-order chi connectivity index (χ1) is 11.2. The predicted molar refractivity (Wildman–Crippen MR) is 93.8 cm³/mol. The standard InChI is InChI=1S/C20H30N2O/c1-15(17-9-3-2-4-10-17)22(14-16-7-5-8-16)20(23)19-12-6-11-18(19)13-21/h2-4,9-10,15-16,18-19H,5-8,11-14,21H2,1H3/t15?,18-,19-/m1/s1. The topological polar surface area (TPSA) is 46.3 Å². The van der Waals surface area contributed by atoms with Gasteiger partial charge in [0.05, 0.1) is 6.04 Å². The van der Waals surface area contributed by atoms with Crippen LogP contribution in [0, 0.1) is 17.8 Å². The van der Waals surface area contributed by atoms with Gasteiger partial charge in [-0.3, -0.25) is 4.79 Å². The zero-order valence-corrected chi connectivity index (χ0v) is 14.3. The lowest BCUT2D eigenvalue weighted by Gasteiger charge is -2.38. The second-order valence-electron chi connectivity index (χ2n) is 7.41. The smallest absolute Gasteiger partial charge is 0.226 e. The quantitative estimate of drug-likeness (QED) is 0.869. The summed E-state index contributed by atoms with van der Waals surface area (Å²) in [6, 6.07) is 10.6. The van der Waals surface area contributed by atoms with Crippen LogP contribution in [-0.2, 0) is 4.79 Å². The highest BCUT2D eigenvalue weighted by Gasteiger charge is 2.37. The average molecular weight is 314 g/mol. The minimum Gasteiger partial charge on any atom is -0.335 e. The number of carbonyl (C=O) groups excluding carboxylic acids is 1. The van der Waals surface area contributed by atoms with E-state index >= 15 is 0 Å². The van der Waals surface area contributed by atoms with E-state index in [9.17, 15) is 4.79 Å². The molecule has 0 spiro atoms. The van der Waals surface area contributed by atoms with Gasteiger partial charge < -0.3 is 10.6 Å². The molecule has 0 saturated heterocycles. The van der Waals surface area contributed by atoms with Gasteiger partial charge in [-0.05, 0) is 56.6 Å². The maximum absolute atomic E-state index is 13.3. The molecule has 0 aromatic heterocycles. The summed E-state index contributed by atoms with van der Waals surface area (Å²) in [6.07, 6.45) is 7.15. The number of amides is 1. The molecule has 3 atom stereocenters. The van der Waals surface area contributed by atoms with Crippen molar-refractivity contribution in [3.05, 3.63) is 35.9 Å². The van der Waals surface area contributed by atoms with Gasteiger partial charge in [-0.15, -0.1) is 0 Å². The molecular weight excluding hydrogens is 284 g/mol. The number of benzene rings is 1. The first kappa shape index (κ1) is 16.5. The third-order valence-electron chi connectivity index (χ3n) is 5.99. The summed E-state index contributed by atoms with van der Waals surface area (Å²) in [7, 11) is 0. The highest BCUT2D eigenvalue weighted by Crippen LogP contribution is 2.36. The Labute approximate surface area is 140 Å². The van der Waals surface area contributed by atoms with Crippen molar-refractivity contribution in [2.75, 3.05) is 13.1 Å². The van der Waals surface area contributed by atoms with Gasteiger partial charge in [0.15, 0.2) is 0 Å². The van der Waals surface area contributed by atoms with Crippen LogP contribution in [-0.4, -0.2) is 23.9 Å². The number of rotatable bonds is 6. The van der Waals surface area contributed by atoms with E-state index < -0.39 is 0 Å². The molecule has 0 bridgehead atoms. The summed E-state index contributed by atoms with van der Waals surface area (Å²) in [5.41, 5.74) is 7.16. The van der Waals surface area contributed by atoms with E-state index in [0.717, 1.165) is 25.8 Å². The highest BCUT2D eigenvalue weighted by atomic mass is 16.2. The Balaban J connectivity index is 1.78. The van der Waals surface area contributed by atoms with Crippen LogP contribution in [0.3, 0.4) is 0 Å². The molecule has 0 radical (unpaired) electrons. The molecule has 2 aliphatic rings. The summed E-state index contributed by atoms with van der Waals surface area (Å²) in [5, 5.41) is 0. The first-order valence-electron chi connectivity index (χ1n) is 9.26. The van der Waals surface area contributed by atoms with Gasteiger partial charge in [-0.2, -0.15) is 0 Å². The van der Waals surface area contributed by atoms with Crippen molar-refractivity contribution in [2.45, 2.75) is 51.5 Å². The molecule has 0 aliphatic heterocycles. The largest absolute Gasteiger partial charge is 0.335 e. The Morgan fingerprint density at radius 3 is 2.48 bits per heavy atom. The van der Waals surface area contributed by atoms with E-state index in [-0.39, 0.29) is 12.0 Å². The molecule has 2 fully saturated rings. The van der Waals surface area contributed by atoms with E-state index in [1.165, 1.54) is 24.8 Å². The van der Waals surface area contributed by atoms with E-state index in [0.29, 0.717) is 24.3 Å². The molecule has 3 heteroatoms. The molecule has 3 nitrogen and oxygen atoms in total. The van der Waals surface area contributed by atoms with Crippen LogP contribution in [0.5, 0.6) is 0 Å². The van der Waals surface area contributed by atoms with Crippen molar-refractivity contribution >= 4 is 5.91 Å². The van der Waals surface area contributed by atoms with Crippen LogP contribution in [0.2, 0.25) is 0 Å². The predicted octanol–water partition coefficient (Wildman–Crippen LogP) is 3.75. The van der Waals surface area contributed by atoms with Gasteiger partial charge in [-0.1, -0.05) is 43.2 Å². The Morgan fingerprint density at radius 1 is 1.17 bits per heavy atom. The van der Waals surface area contributed by atoms with Crippen molar-refractivity contribution in [2.24, 2.45) is 23.5 Å². The summed E-state index contributed by atoms with van der Waals surface area (Å²) < 4.78 is 0. The molecule has 2 N–H and O–H groups in total. The van der Waals surface area contributed by atoms with Crippen LogP contribution in [0.1, 0.15) is 57.1 Å². The van der Waals surface area contributed by atoms with Crippen molar-refractivity contribution in [1.82, 2.24) is 4.90 Å². The normalized spacial score (nSPS) is 25.8. The molecule has 1 aromatic rings. The van der Waals surface area contributed by atoms with E-state index in [4.69, 9.17) is 5.73 Å². The molecule has 2 saturated carbocycles. The van der Waals surface area contributed by atoms with Crippen molar-refractivity contribution in [1.29, 1.82) is 0 Å². The molecule has 1 amide bonds. The lowest BCUT2D eigenvalue weighted by Crippen LogP contribution is -2.44. The third kappa shape index (κ3) is 3.60. The van der Waals surface area contributed by atoms with Crippen molar-refractivity contribution < 1.29 is 4.79 Å². The number of nitrogens with two attached hydrogens (primary N) is 1. The minimum absolute atomic E-state index is 0.145. The first-order valence-corrected chi connectivity index (χ1v) is 9.26. The Hall–Kier alpha value is -1.35. The summed E-state index contributed by atoms with van der Waals surface area (Å²) in [4.78, 5) is 15.4. The fourth-order valence-electron chi connectivity index (χ4n) is 4.16. The summed E-state index contributed by atoms with van der Waals surface area (Å²) >= 11 is 0. The molecule has 1 unspecified atom stereocenters. The number of hydrogen-bond donors (Lipinski definition) is 1. The van der Waals surface area contributed by atoms with Crippen LogP contribution < -0.4 is 5.73 Å².